The Bertz CT molecular complexity index is 628. The zero-order valence-corrected chi connectivity index (χ0v) is 12.6. The molecule has 2 heterocycles. The van der Waals surface area contributed by atoms with Crippen molar-refractivity contribution in [3.8, 4) is 0 Å². The number of nitrogens with one attached hydrogen (secondary N) is 1. The minimum Gasteiger partial charge on any atom is -0.337 e. The van der Waals surface area contributed by atoms with E-state index in [0.717, 1.165) is 25.5 Å². The Morgan fingerprint density at radius 2 is 2.33 bits per heavy atom. The van der Waals surface area contributed by atoms with Crippen LogP contribution in [0.15, 0.2) is 30.6 Å². The fourth-order valence-corrected chi connectivity index (χ4v) is 2.92. The molecule has 1 aliphatic rings. The second kappa shape index (κ2) is 6.13. The molecule has 1 aliphatic heterocycles. The summed E-state index contributed by atoms with van der Waals surface area (Å²) < 4.78 is 16.0. The van der Waals surface area contributed by atoms with Crippen LogP contribution in [0.2, 0.25) is 5.02 Å². The van der Waals surface area contributed by atoms with E-state index in [9.17, 15) is 4.39 Å². The van der Waals surface area contributed by atoms with E-state index < -0.39 is 0 Å². The van der Waals surface area contributed by atoms with Gasteiger partial charge in [0, 0.05) is 56.2 Å². The lowest BCUT2D eigenvalue weighted by molar-refractivity contribution is 0.143. The molecule has 1 fully saturated rings. The maximum Gasteiger partial charge on any atom is 0.129 e. The standard InChI is InChI=1S/C15H18ClFN4/c1-20-6-5-19-15(20)14-9-18-4-7-21(14)10-11-2-3-12(16)8-13(11)17/h2-3,5-6,8,14,18H,4,7,9-10H2,1H3. The van der Waals surface area contributed by atoms with Crippen molar-refractivity contribution in [1.82, 2.24) is 19.8 Å². The van der Waals surface area contributed by atoms with E-state index >= 15 is 0 Å². The van der Waals surface area contributed by atoms with Gasteiger partial charge in [0.2, 0.25) is 0 Å². The summed E-state index contributed by atoms with van der Waals surface area (Å²) in [5.74, 6) is 0.746. The molecule has 0 saturated carbocycles. The van der Waals surface area contributed by atoms with Crippen molar-refractivity contribution in [1.29, 1.82) is 0 Å². The van der Waals surface area contributed by atoms with Crippen molar-refractivity contribution in [2.75, 3.05) is 19.6 Å². The first-order valence-corrected chi connectivity index (χ1v) is 7.39. The van der Waals surface area contributed by atoms with Crippen molar-refractivity contribution in [2.45, 2.75) is 12.6 Å². The highest BCUT2D eigenvalue weighted by molar-refractivity contribution is 6.30. The van der Waals surface area contributed by atoms with Crippen LogP contribution in [0.1, 0.15) is 17.4 Å². The van der Waals surface area contributed by atoms with Crippen LogP contribution in [0, 0.1) is 5.82 Å². The third-order valence-electron chi connectivity index (χ3n) is 3.90. The Morgan fingerprint density at radius 1 is 1.48 bits per heavy atom. The number of imidazole rings is 1. The fourth-order valence-electron chi connectivity index (χ4n) is 2.76. The molecule has 1 aromatic carbocycles. The van der Waals surface area contributed by atoms with Gasteiger partial charge in [-0.3, -0.25) is 4.90 Å². The second-order valence-electron chi connectivity index (χ2n) is 5.32. The summed E-state index contributed by atoms with van der Waals surface area (Å²) in [6.07, 6.45) is 3.73. The normalized spacial score (nSPS) is 19.9. The van der Waals surface area contributed by atoms with Gasteiger partial charge in [-0.2, -0.15) is 0 Å². The lowest BCUT2D eigenvalue weighted by atomic mass is 10.1. The van der Waals surface area contributed by atoms with E-state index in [1.807, 2.05) is 17.8 Å². The van der Waals surface area contributed by atoms with Gasteiger partial charge in [-0.15, -0.1) is 0 Å². The maximum absolute atomic E-state index is 14.0. The number of hydrogen-bond donors (Lipinski definition) is 1. The number of rotatable bonds is 3. The van der Waals surface area contributed by atoms with Gasteiger partial charge >= 0.3 is 0 Å². The lowest BCUT2D eigenvalue weighted by Gasteiger charge is -2.35. The molecule has 6 heteroatoms. The molecule has 1 atom stereocenters. The molecule has 3 rings (SSSR count). The third-order valence-corrected chi connectivity index (χ3v) is 4.13. The van der Waals surface area contributed by atoms with Gasteiger partial charge in [-0.1, -0.05) is 17.7 Å². The first-order chi connectivity index (χ1) is 10.1. The van der Waals surface area contributed by atoms with Crippen molar-refractivity contribution in [2.24, 2.45) is 7.05 Å². The molecule has 1 unspecified atom stereocenters. The Hall–Kier alpha value is -1.43. The zero-order chi connectivity index (χ0) is 14.8. The summed E-state index contributed by atoms with van der Waals surface area (Å²) in [6.45, 7) is 3.14. The Morgan fingerprint density at radius 3 is 3.05 bits per heavy atom. The van der Waals surface area contributed by atoms with Gasteiger partial charge in [-0.25, -0.2) is 9.37 Å². The van der Waals surface area contributed by atoms with E-state index in [2.05, 4.69) is 15.2 Å². The minimum absolute atomic E-state index is 0.147. The third kappa shape index (κ3) is 3.10. The zero-order valence-electron chi connectivity index (χ0n) is 11.9. The van der Waals surface area contributed by atoms with Gasteiger partial charge < -0.3 is 9.88 Å². The van der Waals surface area contributed by atoms with Gasteiger partial charge in [0.15, 0.2) is 0 Å². The summed E-state index contributed by atoms with van der Waals surface area (Å²) in [5.41, 5.74) is 0.667. The molecule has 0 radical (unpaired) electrons. The van der Waals surface area contributed by atoms with Gasteiger partial charge in [0.25, 0.3) is 0 Å². The number of halogens is 2. The first-order valence-electron chi connectivity index (χ1n) is 7.01. The molecular weight excluding hydrogens is 291 g/mol. The minimum atomic E-state index is -0.250. The number of piperazine rings is 1. The lowest BCUT2D eigenvalue weighted by Crippen LogP contribution is -2.46. The highest BCUT2D eigenvalue weighted by Gasteiger charge is 2.27. The van der Waals surface area contributed by atoms with Crippen LogP contribution in [0.25, 0.3) is 0 Å². The van der Waals surface area contributed by atoms with Crippen LogP contribution < -0.4 is 5.32 Å². The van der Waals surface area contributed by atoms with E-state index in [1.165, 1.54) is 6.07 Å². The largest absolute Gasteiger partial charge is 0.337 e. The number of aryl methyl sites for hydroxylation is 1. The van der Waals surface area contributed by atoms with Crippen LogP contribution in [0.3, 0.4) is 0 Å². The molecule has 1 aromatic heterocycles. The van der Waals surface area contributed by atoms with Crippen LogP contribution >= 0.6 is 11.6 Å². The molecule has 1 saturated heterocycles. The van der Waals surface area contributed by atoms with Crippen molar-refractivity contribution >= 4 is 11.6 Å². The van der Waals surface area contributed by atoms with Crippen molar-refractivity contribution in [3.63, 3.8) is 0 Å². The molecule has 112 valence electrons. The van der Waals surface area contributed by atoms with E-state index in [1.54, 1.807) is 18.3 Å². The summed E-state index contributed by atoms with van der Waals surface area (Å²) >= 11 is 5.81. The van der Waals surface area contributed by atoms with Gasteiger partial charge in [0.1, 0.15) is 11.6 Å². The molecule has 1 N–H and O–H groups in total. The van der Waals surface area contributed by atoms with Crippen LogP contribution in [0.4, 0.5) is 4.39 Å². The average Bonchev–Trinajstić information content (AvgIpc) is 2.89. The van der Waals surface area contributed by atoms with E-state index in [-0.39, 0.29) is 11.9 Å². The Labute approximate surface area is 128 Å². The van der Waals surface area contributed by atoms with Crippen LogP contribution in [-0.4, -0.2) is 34.1 Å². The summed E-state index contributed by atoms with van der Waals surface area (Å²) in [7, 11) is 1.98. The Balaban J connectivity index is 1.83. The molecule has 2 aromatic rings. The Kier molecular flexibility index (Phi) is 4.24. The quantitative estimate of drug-likeness (QED) is 0.945. The predicted octanol–water partition coefficient (Wildman–Crippen LogP) is 2.36. The average molecular weight is 309 g/mol. The molecular formula is C15H18ClFN4. The number of aromatic nitrogens is 2. The SMILES string of the molecule is Cn1ccnc1C1CNCCN1Cc1ccc(Cl)cc1F. The topological polar surface area (TPSA) is 33.1 Å². The summed E-state index contributed by atoms with van der Waals surface area (Å²) in [5, 5.41) is 3.81. The maximum atomic E-state index is 14.0. The van der Waals surface area contributed by atoms with E-state index in [0.29, 0.717) is 17.1 Å². The molecule has 0 aliphatic carbocycles. The number of benzene rings is 1. The summed E-state index contributed by atoms with van der Waals surface area (Å²) in [6, 6.07) is 5.01. The number of nitrogens with zero attached hydrogens (tertiary/aromatic N) is 3. The van der Waals surface area contributed by atoms with Crippen LogP contribution in [-0.2, 0) is 13.6 Å². The molecule has 0 spiro atoms. The van der Waals surface area contributed by atoms with Crippen molar-refractivity contribution < 1.29 is 4.39 Å². The second-order valence-corrected chi connectivity index (χ2v) is 5.76. The fraction of sp³-hybridized carbons (Fsp3) is 0.400. The molecule has 0 amide bonds. The predicted molar refractivity (Wildman–Crippen MR) is 80.6 cm³/mol. The molecule has 21 heavy (non-hydrogen) atoms. The first kappa shape index (κ1) is 14.5. The van der Waals surface area contributed by atoms with E-state index in [4.69, 9.17) is 11.6 Å². The number of hydrogen-bond acceptors (Lipinski definition) is 3. The molecule has 0 bridgehead atoms. The van der Waals surface area contributed by atoms with Crippen LogP contribution in [0.5, 0.6) is 0 Å². The highest BCUT2D eigenvalue weighted by atomic mass is 35.5. The van der Waals surface area contributed by atoms with Crippen molar-refractivity contribution in [3.05, 3.63) is 52.8 Å². The van der Waals surface area contributed by atoms with Gasteiger partial charge in [0.05, 0.1) is 6.04 Å². The molecule has 4 nitrogen and oxygen atoms in total. The van der Waals surface area contributed by atoms with Gasteiger partial charge in [-0.05, 0) is 12.1 Å². The smallest absolute Gasteiger partial charge is 0.129 e. The highest BCUT2D eigenvalue weighted by Crippen LogP contribution is 2.24. The monoisotopic (exact) mass is 308 g/mol. The summed E-state index contributed by atoms with van der Waals surface area (Å²) in [4.78, 5) is 6.69.